The normalized spacial score (nSPS) is 13.6. The Bertz CT molecular complexity index is 642. The maximum Gasteiger partial charge on any atom is 0.248 e. The molecule has 2 atom stereocenters. The van der Waals surface area contributed by atoms with Gasteiger partial charge in [0.1, 0.15) is 6.33 Å². The number of carbonyl (C=O) groups is 1. The van der Waals surface area contributed by atoms with E-state index in [-0.39, 0.29) is 17.8 Å². The minimum atomic E-state index is -0.554. The van der Waals surface area contributed by atoms with Crippen molar-refractivity contribution in [2.24, 2.45) is 11.7 Å². The SMILES string of the molecule is CCC(C)C(N)C(=O)Nc1ncn(Cc2cccc(Br)c2)n1. The summed E-state index contributed by atoms with van der Waals surface area (Å²) in [6.07, 6.45) is 2.44. The van der Waals surface area contributed by atoms with Gasteiger partial charge in [-0.05, 0) is 23.6 Å². The molecule has 3 N–H and O–H groups in total. The van der Waals surface area contributed by atoms with Crippen LogP contribution in [0.25, 0.3) is 0 Å². The van der Waals surface area contributed by atoms with Gasteiger partial charge < -0.3 is 5.73 Å². The van der Waals surface area contributed by atoms with Crippen LogP contribution in [0.15, 0.2) is 35.1 Å². The molecule has 0 spiro atoms. The predicted molar refractivity (Wildman–Crippen MR) is 89.3 cm³/mol. The van der Waals surface area contributed by atoms with Crippen LogP contribution in [0.1, 0.15) is 25.8 Å². The second-order valence-electron chi connectivity index (χ2n) is 5.30. The summed E-state index contributed by atoms with van der Waals surface area (Å²) in [5.74, 6) is 0.136. The van der Waals surface area contributed by atoms with E-state index in [4.69, 9.17) is 5.73 Å². The molecule has 0 saturated carbocycles. The van der Waals surface area contributed by atoms with Gasteiger partial charge in [0.2, 0.25) is 11.9 Å². The van der Waals surface area contributed by atoms with E-state index < -0.39 is 6.04 Å². The molecule has 2 rings (SSSR count). The molecule has 2 unspecified atom stereocenters. The van der Waals surface area contributed by atoms with Crippen LogP contribution in [-0.2, 0) is 11.3 Å². The second kappa shape index (κ2) is 7.51. The third-order valence-corrected chi connectivity index (χ3v) is 4.06. The number of nitrogens with zero attached hydrogens (tertiary/aromatic N) is 3. The van der Waals surface area contributed by atoms with Gasteiger partial charge in [-0.25, -0.2) is 9.67 Å². The van der Waals surface area contributed by atoms with E-state index >= 15 is 0 Å². The summed E-state index contributed by atoms with van der Waals surface area (Å²) in [6.45, 7) is 4.53. The second-order valence-corrected chi connectivity index (χ2v) is 6.21. The third kappa shape index (κ3) is 4.38. The Morgan fingerprint density at radius 3 is 2.95 bits per heavy atom. The van der Waals surface area contributed by atoms with Crippen molar-refractivity contribution < 1.29 is 4.79 Å². The van der Waals surface area contributed by atoms with Crippen LogP contribution in [0.3, 0.4) is 0 Å². The van der Waals surface area contributed by atoms with Crippen LogP contribution in [0.5, 0.6) is 0 Å². The monoisotopic (exact) mass is 365 g/mol. The molecular formula is C15H20BrN5O. The van der Waals surface area contributed by atoms with Gasteiger partial charge >= 0.3 is 0 Å². The summed E-state index contributed by atoms with van der Waals surface area (Å²) >= 11 is 3.43. The first-order chi connectivity index (χ1) is 10.5. The third-order valence-electron chi connectivity index (χ3n) is 3.56. The highest BCUT2D eigenvalue weighted by Gasteiger charge is 2.20. The Morgan fingerprint density at radius 1 is 1.50 bits per heavy atom. The Kier molecular flexibility index (Phi) is 5.68. The van der Waals surface area contributed by atoms with Gasteiger partial charge in [-0.2, -0.15) is 0 Å². The first kappa shape index (κ1) is 16.6. The molecule has 0 radical (unpaired) electrons. The fourth-order valence-corrected chi connectivity index (χ4v) is 2.40. The maximum atomic E-state index is 12.0. The summed E-state index contributed by atoms with van der Waals surface area (Å²) in [6, 6.07) is 7.39. The van der Waals surface area contributed by atoms with Gasteiger partial charge in [0.15, 0.2) is 0 Å². The summed E-state index contributed by atoms with van der Waals surface area (Å²) in [5.41, 5.74) is 6.98. The molecule has 2 aromatic rings. The van der Waals surface area contributed by atoms with Crippen molar-refractivity contribution in [2.75, 3.05) is 5.32 Å². The molecule has 0 aliphatic heterocycles. The summed E-state index contributed by atoms with van der Waals surface area (Å²) < 4.78 is 2.68. The Morgan fingerprint density at radius 2 is 2.27 bits per heavy atom. The van der Waals surface area contributed by atoms with E-state index in [0.29, 0.717) is 6.54 Å². The summed E-state index contributed by atoms with van der Waals surface area (Å²) in [7, 11) is 0. The number of hydrogen-bond acceptors (Lipinski definition) is 4. The number of nitrogens with one attached hydrogen (secondary N) is 1. The molecule has 1 heterocycles. The minimum absolute atomic E-state index is 0.115. The maximum absolute atomic E-state index is 12.0. The van der Waals surface area contributed by atoms with E-state index in [1.54, 1.807) is 11.0 Å². The topological polar surface area (TPSA) is 85.8 Å². The molecule has 7 heteroatoms. The number of amides is 1. The van der Waals surface area contributed by atoms with E-state index in [2.05, 4.69) is 31.3 Å². The molecule has 0 fully saturated rings. The van der Waals surface area contributed by atoms with Crippen LogP contribution in [0, 0.1) is 5.92 Å². The number of hydrogen-bond donors (Lipinski definition) is 2. The average molecular weight is 366 g/mol. The van der Waals surface area contributed by atoms with Crippen LogP contribution in [0.4, 0.5) is 5.95 Å². The molecule has 22 heavy (non-hydrogen) atoms. The molecule has 1 aromatic heterocycles. The summed E-state index contributed by atoms with van der Waals surface area (Å²) in [5, 5.41) is 6.90. The molecule has 1 amide bonds. The number of halogens is 1. The lowest BCUT2D eigenvalue weighted by Crippen LogP contribution is -2.40. The zero-order valence-corrected chi connectivity index (χ0v) is 14.2. The average Bonchev–Trinajstić information content (AvgIpc) is 2.92. The van der Waals surface area contributed by atoms with Crippen LogP contribution in [0.2, 0.25) is 0 Å². The van der Waals surface area contributed by atoms with Crippen molar-refractivity contribution in [3.8, 4) is 0 Å². The van der Waals surface area contributed by atoms with E-state index in [9.17, 15) is 4.79 Å². The fraction of sp³-hybridized carbons (Fsp3) is 0.400. The van der Waals surface area contributed by atoms with Gasteiger partial charge in [-0.15, -0.1) is 5.10 Å². The first-order valence-corrected chi connectivity index (χ1v) is 7.99. The molecule has 6 nitrogen and oxygen atoms in total. The summed E-state index contributed by atoms with van der Waals surface area (Å²) in [4.78, 5) is 16.1. The predicted octanol–water partition coefficient (Wildman–Crippen LogP) is 2.40. The number of carbonyl (C=O) groups excluding carboxylic acids is 1. The lowest BCUT2D eigenvalue weighted by atomic mass is 10.00. The number of aromatic nitrogens is 3. The van der Waals surface area contributed by atoms with Crippen LogP contribution >= 0.6 is 15.9 Å². The van der Waals surface area contributed by atoms with Gasteiger partial charge in [0.25, 0.3) is 0 Å². The van der Waals surface area contributed by atoms with Crippen molar-refractivity contribution in [3.63, 3.8) is 0 Å². The van der Waals surface area contributed by atoms with Crippen molar-refractivity contribution in [2.45, 2.75) is 32.9 Å². The zero-order chi connectivity index (χ0) is 16.1. The standard InChI is InChI=1S/C15H20BrN5O/c1-3-10(2)13(17)14(22)19-15-18-9-21(20-15)8-11-5-4-6-12(16)7-11/h4-7,9-10,13H,3,8,17H2,1-2H3,(H,19,20,22). The highest BCUT2D eigenvalue weighted by atomic mass is 79.9. The van der Waals surface area contributed by atoms with Crippen LogP contribution < -0.4 is 11.1 Å². The van der Waals surface area contributed by atoms with Crippen molar-refractivity contribution >= 4 is 27.8 Å². The largest absolute Gasteiger partial charge is 0.320 e. The zero-order valence-electron chi connectivity index (χ0n) is 12.7. The Balaban J connectivity index is 1.98. The van der Waals surface area contributed by atoms with Crippen LogP contribution in [-0.4, -0.2) is 26.7 Å². The van der Waals surface area contributed by atoms with Gasteiger partial charge in [-0.3, -0.25) is 10.1 Å². The van der Waals surface area contributed by atoms with Crippen molar-refractivity contribution in [1.29, 1.82) is 0 Å². The number of rotatable bonds is 6. The highest BCUT2D eigenvalue weighted by Crippen LogP contribution is 2.13. The number of nitrogens with two attached hydrogens (primary N) is 1. The molecule has 118 valence electrons. The Labute approximate surface area is 138 Å². The fourth-order valence-electron chi connectivity index (χ4n) is 1.96. The first-order valence-electron chi connectivity index (χ1n) is 7.20. The van der Waals surface area contributed by atoms with Gasteiger partial charge in [0.05, 0.1) is 12.6 Å². The minimum Gasteiger partial charge on any atom is -0.320 e. The number of benzene rings is 1. The molecular weight excluding hydrogens is 346 g/mol. The molecule has 0 saturated heterocycles. The highest BCUT2D eigenvalue weighted by molar-refractivity contribution is 9.10. The molecule has 0 aliphatic rings. The van der Waals surface area contributed by atoms with E-state index in [1.165, 1.54) is 0 Å². The van der Waals surface area contributed by atoms with Crippen molar-refractivity contribution in [1.82, 2.24) is 14.8 Å². The molecule has 0 bridgehead atoms. The smallest absolute Gasteiger partial charge is 0.248 e. The van der Waals surface area contributed by atoms with E-state index in [1.807, 2.05) is 38.1 Å². The van der Waals surface area contributed by atoms with Gasteiger partial charge in [0, 0.05) is 4.47 Å². The van der Waals surface area contributed by atoms with Crippen molar-refractivity contribution in [3.05, 3.63) is 40.6 Å². The van der Waals surface area contributed by atoms with E-state index in [0.717, 1.165) is 16.5 Å². The lowest BCUT2D eigenvalue weighted by molar-refractivity contribution is -0.118. The molecule has 1 aromatic carbocycles. The molecule has 0 aliphatic carbocycles. The quantitative estimate of drug-likeness (QED) is 0.822. The Hall–Kier alpha value is -1.73. The lowest BCUT2D eigenvalue weighted by Gasteiger charge is -2.16. The number of anilines is 1. The van der Waals surface area contributed by atoms with Gasteiger partial charge in [-0.1, -0.05) is 48.3 Å².